The first-order valence-electron chi connectivity index (χ1n) is 5.36. The minimum atomic E-state index is -3.57. The lowest BCUT2D eigenvalue weighted by atomic mass is 10.1. The molecule has 0 aliphatic carbocycles. The van der Waals surface area contributed by atoms with Crippen molar-refractivity contribution in [1.82, 2.24) is 10.2 Å². The van der Waals surface area contributed by atoms with Crippen LogP contribution in [0.2, 0.25) is 0 Å². The molecule has 0 fully saturated rings. The molecule has 7 heteroatoms. The lowest BCUT2D eigenvalue weighted by Gasteiger charge is -2.09. The van der Waals surface area contributed by atoms with E-state index in [0.717, 1.165) is 0 Å². The van der Waals surface area contributed by atoms with Crippen molar-refractivity contribution >= 4 is 15.9 Å². The monoisotopic (exact) mass is 272 g/mol. The Bertz CT molecular complexity index is 540. The number of hydroxylamine groups is 1. The van der Waals surface area contributed by atoms with E-state index in [1.807, 2.05) is 0 Å². The van der Waals surface area contributed by atoms with Crippen LogP contribution in [0.3, 0.4) is 0 Å². The maximum absolute atomic E-state index is 11.8. The van der Waals surface area contributed by atoms with Gasteiger partial charge in [0, 0.05) is 12.1 Å². The summed E-state index contributed by atoms with van der Waals surface area (Å²) in [5, 5.41) is 0. The number of carbonyl (C=O) groups excluding carboxylic acids is 1. The molecular formula is C11H16N2O4S. The predicted octanol–water partition coefficient (Wildman–Crippen LogP) is 0.584. The van der Waals surface area contributed by atoms with Crippen molar-refractivity contribution in [1.29, 1.82) is 0 Å². The second kappa shape index (κ2) is 5.94. The second-order valence-electron chi connectivity index (χ2n) is 3.61. The average molecular weight is 272 g/mol. The summed E-state index contributed by atoms with van der Waals surface area (Å²) in [7, 11) is -2.26. The van der Waals surface area contributed by atoms with Gasteiger partial charge in [0.2, 0.25) is 10.0 Å². The molecule has 6 nitrogen and oxygen atoms in total. The van der Waals surface area contributed by atoms with Crippen LogP contribution in [0.5, 0.6) is 0 Å². The van der Waals surface area contributed by atoms with E-state index in [0.29, 0.717) is 5.56 Å². The van der Waals surface area contributed by atoms with Crippen LogP contribution in [-0.4, -0.2) is 28.0 Å². The van der Waals surface area contributed by atoms with E-state index in [4.69, 9.17) is 0 Å². The summed E-state index contributed by atoms with van der Waals surface area (Å²) >= 11 is 0. The molecule has 100 valence electrons. The highest BCUT2D eigenvalue weighted by Gasteiger charge is 2.17. The highest BCUT2D eigenvalue weighted by molar-refractivity contribution is 7.89. The third kappa shape index (κ3) is 3.28. The Hall–Kier alpha value is -1.44. The molecular weight excluding hydrogens is 256 g/mol. The topological polar surface area (TPSA) is 84.5 Å². The number of rotatable bonds is 5. The number of nitrogens with one attached hydrogen (secondary N) is 2. The zero-order valence-electron chi connectivity index (χ0n) is 10.5. The first-order valence-corrected chi connectivity index (χ1v) is 6.84. The zero-order valence-corrected chi connectivity index (χ0v) is 11.3. The summed E-state index contributed by atoms with van der Waals surface area (Å²) in [6.07, 6.45) is 0. The highest BCUT2D eigenvalue weighted by atomic mass is 32.2. The Labute approximate surface area is 106 Å². The van der Waals surface area contributed by atoms with Crippen molar-refractivity contribution in [2.45, 2.75) is 18.7 Å². The van der Waals surface area contributed by atoms with Crippen LogP contribution in [0.4, 0.5) is 0 Å². The Morgan fingerprint density at radius 2 is 2.06 bits per heavy atom. The number of hydrogen-bond donors (Lipinski definition) is 2. The predicted molar refractivity (Wildman–Crippen MR) is 66.5 cm³/mol. The van der Waals surface area contributed by atoms with E-state index in [-0.39, 0.29) is 17.0 Å². The largest absolute Gasteiger partial charge is 0.277 e. The van der Waals surface area contributed by atoms with Crippen molar-refractivity contribution < 1.29 is 18.0 Å². The summed E-state index contributed by atoms with van der Waals surface area (Å²) in [5.41, 5.74) is 3.09. The molecule has 0 radical (unpaired) electrons. The molecule has 1 rings (SSSR count). The standard InChI is InChI=1S/C11H16N2O4S/c1-4-12-18(15,16)9-6-5-8(2)10(7-9)11(14)13-17-3/h5-7,12H,4H2,1-3H3,(H,13,14). The van der Waals surface area contributed by atoms with Gasteiger partial charge in [-0.1, -0.05) is 13.0 Å². The van der Waals surface area contributed by atoms with Crippen molar-refractivity contribution in [3.8, 4) is 0 Å². The third-order valence-corrected chi connectivity index (χ3v) is 3.84. The normalized spacial score (nSPS) is 11.3. The molecule has 0 bridgehead atoms. The van der Waals surface area contributed by atoms with Crippen LogP contribution >= 0.6 is 0 Å². The van der Waals surface area contributed by atoms with Gasteiger partial charge in [-0.2, -0.15) is 0 Å². The van der Waals surface area contributed by atoms with Crippen LogP contribution in [-0.2, 0) is 14.9 Å². The molecule has 0 aliphatic rings. The van der Waals surface area contributed by atoms with Crippen LogP contribution in [0.15, 0.2) is 23.1 Å². The molecule has 0 atom stereocenters. The van der Waals surface area contributed by atoms with Gasteiger partial charge in [-0.15, -0.1) is 0 Å². The Morgan fingerprint density at radius 1 is 1.39 bits per heavy atom. The van der Waals surface area contributed by atoms with Crippen molar-refractivity contribution in [3.63, 3.8) is 0 Å². The van der Waals surface area contributed by atoms with Gasteiger partial charge < -0.3 is 0 Å². The molecule has 18 heavy (non-hydrogen) atoms. The molecule has 0 aromatic heterocycles. The quantitative estimate of drug-likeness (QED) is 0.768. The molecule has 0 spiro atoms. The van der Waals surface area contributed by atoms with Crippen molar-refractivity contribution in [2.75, 3.05) is 13.7 Å². The average Bonchev–Trinajstić information content (AvgIpc) is 2.29. The number of hydrogen-bond acceptors (Lipinski definition) is 4. The Morgan fingerprint density at radius 3 is 2.61 bits per heavy atom. The first-order chi connectivity index (χ1) is 8.42. The van der Waals surface area contributed by atoms with E-state index < -0.39 is 15.9 Å². The van der Waals surface area contributed by atoms with Gasteiger partial charge in [-0.05, 0) is 24.6 Å². The van der Waals surface area contributed by atoms with Gasteiger partial charge in [0.15, 0.2) is 0 Å². The summed E-state index contributed by atoms with van der Waals surface area (Å²) < 4.78 is 26.0. The summed E-state index contributed by atoms with van der Waals surface area (Å²) in [6.45, 7) is 3.69. The maximum Gasteiger partial charge on any atom is 0.275 e. The van der Waals surface area contributed by atoms with Crippen LogP contribution in [0.1, 0.15) is 22.8 Å². The van der Waals surface area contributed by atoms with E-state index >= 15 is 0 Å². The number of carbonyl (C=O) groups is 1. The summed E-state index contributed by atoms with van der Waals surface area (Å²) in [5.74, 6) is -0.483. The smallest absolute Gasteiger partial charge is 0.275 e. The van der Waals surface area contributed by atoms with Gasteiger partial charge in [0.05, 0.1) is 12.0 Å². The fraction of sp³-hybridized carbons (Fsp3) is 0.364. The molecule has 1 aromatic rings. The minimum absolute atomic E-state index is 0.0520. The lowest BCUT2D eigenvalue weighted by Crippen LogP contribution is -2.25. The second-order valence-corrected chi connectivity index (χ2v) is 5.38. The van der Waals surface area contributed by atoms with Crippen molar-refractivity contribution in [2.24, 2.45) is 0 Å². The fourth-order valence-corrected chi connectivity index (χ4v) is 2.50. The highest BCUT2D eigenvalue weighted by Crippen LogP contribution is 2.15. The fourth-order valence-electron chi connectivity index (χ4n) is 1.43. The number of benzene rings is 1. The number of amides is 1. The van der Waals surface area contributed by atoms with Crippen molar-refractivity contribution in [3.05, 3.63) is 29.3 Å². The van der Waals surface area contributed by atoms with E-state index in [1.165, 1.54) is 19.2 Å². The Kier molecular flexibility index (Phi) is 4.83. The molecule has 0 saturated carbocycles. The van der Waals surface area contributed by atoms with Crippen LogP contribution in [0.25, 0.3) is 0 Å². The van der Waals surface area contributed by atoms with E-state index in [1.54, 1.807) is 19.9 Å². The molecule has 1 aromatic carbocycles. The van der Waals surface area contributed by atoms with Gasteiger partial charge in [0.25, 0.3) is 5.91 Å². The third-order valence-electron chi connectivity index (χ3n) is 2.29. The Balaban J connectivity index is 3.20. The molecule has 0 aliphatic heterocycles. The van der Waals surface area contributed by atoms with Gasteiger partial charge in [0.1, 0.15) is 0 Å². The van der Waals surface area contributed by atoms with Gasteiger partial charge >= 0.3 is 0 Å². The molecule has 0 heterocycles. The first kappa shape index (κ1) is 14.6. The lowest BCUT2D eigenvalue weighted by molar-refractivity contribution is 0.0537. The van der Waals surface area contributed by atoms with Crippen LogP contribution < -0.4 is 10.2 Å². The molecule has 0 saturated heterocycles. The van der Waals surface area contributed by atoms with Gasteiger partial charge in [-0.25, -0.2) is 18.6 Å². The number of sulfonamides is 1. The molecule has 0 unspecified atom stereocenters. The summed E-state index contributed by atoms with van der Waals surface area (Å²) in [4.78, 5) is 16.2. The summed E-state index contributed by atoms with van der Waals surface area (Å²) in [6, 6.07) is 4.35. The zero-order chi connectivity index (χ0) is 13.8. The number of aryl methyl sites for hydroxylation is 1. The van der Waals surface area contributed by atoms with Crippen LogP contribution in [0, 0.1) is 6.92 Å². The maximum atomic E-state index is 11.8. The van der Waals surface area contributed by atoms with Gasteiger partial charge in [-0.3, -0.25) is 9.63 Å². The SMILES string of the molecule is CCNS(=O)(=O)c1ccc(C)c(C(=O)NOC)c1. The molecule has 1 amide bonds. The van der Waals surface area contributed by atoms with E-state index in [2.05, 4.69) is 15.0 Å². The van der Waals surface area contributed by atoms with E-state index in [9.17, 15) is 13.2 Å². The minimum Gasteiger partial charge on any atom is -0.277 e. The molecule has 2 N–H and O–H groups in total.